The smallest absolute Gasteiger partial charge is 0.177 e. The topological polar surface area (TPSA) is 34.5 Å². The number of aromatic nitrogens is 1. The van der Waals surface area contributed by atoms with Crippen LogP contribution >= 0.6 is 11.6 Å². The average molecular weight is 195 g/mol. The first-order chi connectivity index (χ1) is 6.33. The highest BCUT2D eigenvalue weighted by molar-refractivity contribution is 6.29. The molecule has 0 fully saturated rings. The molecule has 0 atom stereocenters. The molecule has 0 amide bonds. The quantitative estimate of drug-likeness (QED) is 0.241. The zero-order valence-corrected chi connectivity index (χ0v) is 7.53. The summed E-state index contributed by atoms with van der Waals surface area (Å²) in [6, 6.07) is 3.45. The molecular weight excluding hydrogens is 188 g/mol. The number of nitrogens with zero attached hydrogens (tertiary/aromatic N) is 2. The Bertz CT molecular complexity index is 326. The van der Waals surface area contributed by atoms with Crippen LogP contribution in [0.5, 0.6) is 0 Å². The Balaban J connectivity index is 2.50. The van der Waals surface area contributed by atoms with Crippen LogP contribution in [0.4, 0.5) is 0 Å². The molecule has 0 spiro atoms. The standard InChI is InChI=1S/C9H7ClN2O/c1-2-5-13-12-7-8-3-4-9(10)11-6-8/h1,3-4,6-7H,5H2/b12-7+. The largest absolute Gasteiger partial charge is 0.383 e. The van der Waals surface area contributed by atoms with Gasteiger partial charge in [0.15, 0.2) is 6.61 Å². The van der Waals surface area contributed by atoms with E-state index in [9.17, 15) is 0 Å². The summed E-state index contributed by atoms with van der Waals surface area (Å²) in [4.78, 5) is 8.55. The van der Waals surface area contributed by atoms with E-state index in [4.69, 9.17) is 18.0 Å². The normalized spacial score (nSPS) is 9.85. The van der Waals surface area contributed by atoms with Gasteiger partial charge in [-0.15, -0.1) is 6.42 Å². The minimum atomic E-state index is 0.164. The predicted molar refractivity (Wildman–Crippen MR) is 51.6 cm³/mol. The lowest BCUT2D eigenvalue weighted by Gasteiger charge is -1.92. The van der Waals surface area contributed by atoms with Gasteiger partial charge >= 0.3 is 0 Å². The molecule has 0 aromatic carbocycles. The van der Waals surface area contributed by atoms with Crippen LogP contribution in [0, 0.1) is 12.3 Å². The molecule has 66 valence electrons. The van der Waals surface area contributed by atoms with Crippen molar-refractivity contribution < 1.29 is 4.84 Å². The Morgan fingerprint density at radius 1 is 1.69 bits per heavy atom. The highest BCUT2D eigenvalue weighted by Crippen LogP contribution is 2.03. The summed E-state index contributed by atoms with van der Waals surface area (Å²) < 4.78 is 0. The number of hydrogen-bond acceptors (Lipinski definition) is 3. The number of oxime groups is 1. The van der Waals surface area contributed by atoms with E-state index < -0.39 is 0 Å². The van der Waals surface area contributed by atoms with E-state index in [1.54, 1.807) is 18.3 Å². The van der Waals surface area contributed by atoms with Crippen LogP contribution in [0.15, 0.2) is 23.5 Å². The monoisotopic (exact) mass is 194 g/mol. The summed E-state index contributed by atoms with van der Waals surface area (Å²) in [5.74, 6) is 2.29. The van der Waals surface area contributed by atoms with Gasteiger partial charge in [0.1, 0.15) is 5.15 Å². The number of hydrogen-bond donors (Lipinski definition) is 0. The molecule has 1 heterocycles. The summed E-state index contributed by atoms with van der Waals surface area (Å²) in [5, 5.41) is 4.06. The molecule has 0 aliphatic carbocycles. The molecule has 0 radical (unpaired) electrons. The third-order valence-corrected chi connectivity index (χ3v) is 1.40. The van der Waals surface area contributed by atoms with Gasteiger partial charge in [-0.05, 0) is 12.1 Å². The van der Waals surface area contributed by atoms with E-state index in [0.717, 1.165) is 5.56 Å². The van der Waals surface area contributed by atoms with Gasteiger partial charge in [0.25, 0.3) is 0 Å². The summed E-state index contributed by atoms with van der Waals surface area (Å²) in [5.41, 5.74) is 0.807. The first kappa shape index (κ1) is 9.56. The summed E-state index contributed by atoms with van der Waals surface area (Å²) in [6.07, 6.45) is 8.05. The van der Waals surface area contributed by atoms with Gasteiger partial charge in [0, 0.05) is 11.8 Å². The van der Waals surface area contributed by atoms with Gasteiger partial charge in [-0.2, -0.15) is 0 Å². The third-order valence-electron chi connectivity index (χ3n) is 1.17. The van der Waals surface area contributed by atoms with Crippen LogP contribution in [-0.2, 0) is 4.84 Å². The van der Waals surface area contributed by atoms with Crippen molar-refractivity contribution in [1.29, 1.82) is 0 Å². The van der Waals surface area contributed by atoms with Crippen molar-refractivity contribution in [3.05, 3.63) is 29.0 Å². The zero-order valence-electron chi connectivity index (χ0n) is 6.77. The van der Waals surface area contributed by atoms with Gasteiger partial charge < -0.3 is 4.84 Å². The van der Waals surface area contributed by atoms with Crippen LogP contribution in [-0.4, -0.2) is 17.8 Å². The second-order valence-electron chi connectivity index (χ2n) is 2.13. The average Bonchev–Trinajstić information content (AvgIpc) is 2.15. The molecule has 0 aliphatic heterocycles. The lowest BCUT2D eigenvalue weighted by molar-refractivity contribution is 0.181. The van der Waals surface area contributed by atoms with Gasteiger partial charge in [-0.1, -0.05) is 22.7 Å². The Kier molecular flexibility index (Phi) is 3.80. The molecular formula is C9H7ClN2O. The Morgan fingerprint density at radius 3 is 3.15 bits per heavy atom. The number of halogens is 1. The summed E-state index contributed by atoms with van der Waals surface area (Å²) >= 11 is 5.58. The highest BCUT2D eigenvalue weighted by atomic mass is 35.5. The van der Waals surface area contributed by atoms with Crippen molar-refractivity contribution >= 4 is 17.8 Å². The molecule has 4 heteroatoms. The van der Waals surface area contributed by atoms with E-state index in [1.165, 1.54) is 6.21 Å². The van der Waals surface area contributed by atoms with Crippen molar-refractivity contribution in [2.24, 2.45) is 5.16 Å². The maximum absolute atomic E-state index is 5.58. The van der Waals surface area contributed by atoms with Crippen LogP contribution < -0.4 is 0 Å². The molecule has 1 rings (SSSR count). The number of rotatable bonds is 3. The first-order valence-corrected chi connectivity index (χ1v) is 3.91. The van der Waals surface area contributed by atoms with Crippen LogP contribution in [0.1, 0.15) is 5.56 Å². The second kappa shape index (κ2) is 5.18. The molecule has 1 aromatic heterocycles. The minimum Gasteiger partial charge on any atom is -0.383 e. The summed E-state index contributed by atoms with van der Waals surface area (Å²) in [6.45, 7) is 0.164. The van der Waals surface area contributed by atoms with Crippen molar-refractivity contribution in [1.82, 2.24) is 4.98 Å². The lowest BCUT2D eigenvalue weighted by Crippen LogP contribution is -1.86. The Morgan fingerprint density at radius 2 is 2.54 bits per heavy atom. The maximum atomic E-state index is 5.58. The molecule has 0 saturated heterocycles. The van der Waals surface area contributed by atoms with Crippen molar-refractivity contribution in [2.45, 2.75) is 0 Å². The molecule has 0 unspecified atom stereocenters. The highest BCUT2D eigenvalue weighted by Gasteiger charge is 1.88. The molecule has 0 bridgehead atoms. The molecule has 1 aromatic rings. The maximum Gasteiger partial charge on any atom is 0.177 e. The second-order valence-corrected chi connectivity index (χ2v) is 2.51. The predicted octanol–water partition coefficient (Wildman–Crippen LogP) is 1.72. The lowest BCUT2D eigenvalue weighted by atomic mass is 10.3. The Hall–Kier alpha value is -1.53. The Labute approximate surface area is 81.4 Å². The fraction of sp³-hybridized carbons (Fsp3) is 0.111. The van der Waals surface area contributed by atoms with Gasteiger partial charge in [-0.3, -0.25) is 0 Å². The zero-order chi connectivity index (χ0) is 9.52. The molecule has 0 saturated carbocycles. The van der Waals surface area contributed by atoms with Crippen LogP contribution in [0.25, 0.3) is 0 Å². The fourth-order valence-electron chi connectivity index (χ4n) is 0.636. The molecule has 3 nitrogen and oxygen atoms in total. The van der Waals surface area contributed by atoms with Crippen LogP contribution in [0.3, 0.4) is 0 Å². The van der Waals surface area contributed by atoms with E-state index in [2.05, 4.69) is 20.9 Å². The fourth-order valence-corrected chi connectivity index (χ4v) is 0.748. The number of terminal acetylenes is 1. The molecule has 13 heavy (non-hydrogen) atoms. The van der Waals surface area contributed by atoms with E-state index in [-0.39, 0.29) is 6.61 Å². The van der Waals surface area contributed by atoms with E-state index >= 15 is 0 Å². The molecule has 0 aliphatic rings. The minimum absolute atomic E-state index is 0.164. The molecule has 0 N–H and O–H groups in total. The van der Waals surface area contributed by atoms with Gasteiger partial charge in [0.05, 0.1) is 6.21 Å². The summed E-state index contributed by atoms with van der Waals surface area (Å²) in [7, 11) is 0. The van der Waals surface area contributed by atoms with E-state index in [0.29, 0.717) is 5.15 Å². The first-order valence-electron chi connectivity index (χ1n) is 3.53. The van der Waals surface area contributed by atoms with Crippen molar-refractivity contribution in [3.63, 3.8) is 0 Å². The van der Waals surface area contributed by atoms with Crippen molar-refractivity contribution in [2.75, 3.05) is 6.61 Å². The van der Waals surface area contributed by atoms with Gasteiger partial charge in [-0.25, -0.2) is 4.98 Å². The van der Waals surface area contributed by atoms with Crippen molar-refractivity contribution in [3.8, 4) is 12.3 Å². The van der Waals surface area contributed by atoms with Crippen LogP contribution in [0.2, 0.25) is 5.15 Å². The third kappa shape index (κ3) is 3.59. The SMILES string of the molecule is C#CCO/N=C/c1ccc(Cl)nc1. The number of pyridine rings is 1. The van der Waals surface area contributed by atoms with E-state index in [1.807, 2.05) is 0 Å². The van der Waals surface area contributed by atoms with Gasteiger partial charge in [0.2, 0.25) is 0 Å².